The van der Waals surface area contributed by atoms with Gasteiger partial charge in [-0.25, -0.2) is 0 Å². The number of pyridine rings is 1. The lowest BCUT2D eigenvalue weighted by atomic mass is 10.1. The summed E-state index contributed by atoms with van der Waals surface area (Å²) in [4.78, 5) is 15.5. The highest BCUT2D eigenvalue weighted by Gasteiger charge is 2.03. The molecule has 3 nitrogen and oxygen atoms in total. The Labute approximate surface area is 106 Å². The Morgan fingerprint density at radius 2 is 2.11 bits per heavy atom. The van der Waals surface area contributed by atoms with Crippen LogP contribution in [0, 0.1) is 6.92 Å². The SMILES string of the molecule is CC(=O)c1cccc(OCc2ncccc2C)c1. The van der Waals surface area contributed by atoms with Crippen LogP contribution in [0.4, 0.5) is 0 Å². The highest BCUT2D eigenvalue weighted by atomic mass is 16.5. The molecule has 1 aromatic heterocycles. The van der Waals surface area contributed by atoms with Crippen LogP contribution in [0.25, 0.3) is 0 Å². The summed E-state index contributed by atoms with van der Waals surface area (Å²) in [5.74, 6) is 0.724. The van der Waals surface area contributed by atoms with E-state index in [4.69, 9.17) is 4.74 Å². The van der Waals surface area contributed by atoms with Crippen LogP contribution in [-0.4, -0.2) is 10.8 Å². The zero-order valence-electron chi connectivity index (χ0n) is 10.5. The minimum Gasteiger partial charge on any atom is -0.487 e. The minimum absolute atomic E-state index is 0.0365. The normalized spacial score (nSPS) is 10.1. The van der Waals surface area contributed by atoms with E-state index in [1.54, 1.807) is 25.3 Å². The highest BCUT2D eigenvalue weighted by Crippen LogP contribution is 2.15. The average molecular weight is 241 g/mol. The maximum Gasteiger partial charge on any atom is 0.159 e. The van der Waals surface area contributed by atoms with Gasteiger partial charge in [-0.1, -0.05) is 18.2 Å². The average Bonchev–Trinajstić information content (AvgIpc) is 2.38. The molecule has 0 bridgehead atoms. The second-order valence-electron chi connectivity index (χ2n) is 4.14. The van der Waals surface area contributed by atoms with Gasteiger partial charge in [-0.15, -0.1) is 0 Å². The monoisotopic (exact) mass is 241 g/mol. The summed E-state index contributed by atoms with van der Waals surface area (Å²) in [7, 11) is 0. The molecule has 1 aromatic carbocycles. The number of ether oxygens (including phenoxy) is 1. The number of hydrogen-bond donors (Lipinski definition) is 0. The first kappa shape index (κ1) is 12.3. The van der Waals surface area contributed by atoms with Gasteiger partial charge in [0.15, 0.2) is 5.78 Å². The maximum atomic E-state index is 11.3. The molecule has 0 aliphatic carbocycles. The summed E-state index contributed by atoms with van der Waals surface area (Å²) >= 11 is 0. The molecule has 0 unspecified atom stereocenters. The predicted molar refractivity (Wildman–Crippen MR) is 69.8 cm³/mol. The van der Waals surface area contributed by atoms with E-state index in [9.17, 15) is 4.79 Å². The molecular weight excluding hydrogens is 226 g/mol. The van der Waals surface area contributed by atoms with Crippen molar-refractivity contribution in [2.75, 3.05) is 0 Å². The fraction of sp³-hybridized carbons (Fsp3) is 0.200. The van der Waals surface area contributed by atoms with Crippen LogP contribution in [0.2, 0.25) is 0 Å². The van der Waals surface area contributed by atoms with Crippen molar-refractivity contribution in [3.05, 3.63) is 59.4 Å². The van der Waals surface area contributed by atoms with Crippen LogP contribution < -0.4 is 4.74 Å². The number of carbonyl (C=O) groups is 1. The molecule has 0 fully saturated rings. The van der Waals surface area contributed by atoms with Gasteiger partial charge in [0.2, 0.25) is 0 Å². The second-order valence-corrected chi connectivity index (χ2v) is 4.14. The zero-order chi connectivity index (χ0) is 13.0. The molecule has 18 heavy (non-hydrogen) atoms. The Bertz CT molecular complexity index is 564. The summed E-state index contributed by atoms with van der Waals surface area (Å²) in [6.07, 6.45) is 1.75. The summed E-state index contributed by atoms with van der Waals surface area (Å²) in [6, 6.07) is 11.1. The molecular formula is C15H15NO2. The third-order valence-electron chi connectivity index (χ3n) is 2.73. The van der Waals surface area contributed by atoms with E-state index in [2.05, 4.69) is 4.98 Å². The summed E-state index contributed by atoms with van der Waals surface area (Å²) in [5, 5.41) is 0. The second kappa shape index (κ2) is 5.45. The van der Waals surface area contributed by atoms with Gasteiger partial charge in [-0.05, 0) is 37.6 Å². The summed E-state index contributed by atoms with van der Waals surface area (Å²) in [6.45, 7) is 3.95. The van der Waals surface area contributed by atoms with E-state index in [0.29, 0.717) is 17.9 Å². The molecule has 0 saturated heterocycles. The van der Waals surface area contributed by atoms with E-state index in [1.165, 1.54) is 0 Å². The van der Waals surface area contributed by atoms with Gasteiger partial charge in [0.05, 0.1) is 5.69 Å². The van der Waals surface area contributed by atoms with Crippen molar-refractivity contribution in [2.45, 2.75) is 20.5 Å². The number of Topliss-reactive ketones (excluding diaryl/α,β-unsaturated/α-hetero) is 1. The molecule has 0 amide bonds. The fourth-order valence-electron chi connectivity index (χ4n) is 1.63. The summed E-state index contributed by atoms with van der Waals surface area (Å²) in [5.41, 5.74) is 2.66. The molecule has 0 N–H and O–H groups in total. The largest absolute Gasteiger partial charge is 0.487 e. The molecule has 0 saturated carbocycles. The van der Waals surface area contributed by atoms with E-state index >= 15 is 0 Å². The van der Waals surface area contributed by atoms with Crippen LogP contribution >= 0.6 is 0 Å². The molecule has 0 atom stereocenters. The Morgan fingerprint density at radius 1 is 1.28 bits per heavy atom. The molecule has 1 heterocycles. The zero-order valence-corrected chi connectivity index (χ0v) is 10.5. The highest BCUT2D eigenvalue weighted by molar-refractivity contribution is 5.94. The molecule has 92 valence electrons. The third kappa shape index (κ3) is 2.94. The smallest absolute Gasteiger partial charge is 0.159 e. The maximum absolute atomic E-state index is 11.3. The van der Waals surface area contributed by atoms with E-state index in [1.807, 2.05) is 31.2 Å². The lowest BCUT2D eigenvalue weighted by Crippen LogP contribution is -2.01. The van der Waals surface area contributed by atoms with Crippen LogP contribution in [0.15, 0.2) is 42.6 Å². The molecule has 2 aromatic rings. The molecule has 0 aliphatic heterocycles. The quantitative estimate of drug-likeness (QED) is 0.772. The van der Waals surface area contributed by atoms with Crippen molar-refractivity contribution in [2.24, 2.45) is 0 Å². The first-order valence-corrected chi connectivity index (χ1v) is 5.81. The van der Waals surface area contributed by atoms with Crippen molar-refractivity contribution in [3.63, 3.8) is 0 Å². The summed E-state index contributed by atoms with van der Waals surface area (Å²) < 4.78 is 5.65. The third-order valence-corrected chi connectivity index (χ3v) is 2.73. The Kier molecular flexibility index (Phi) is 3.72. The fourth-order valence-corrected chi connectivity index (χ4v) is 1.63. The first-order chi connectivity index (χ1) is 8.66. The molecule has 0 radical (unpaired) electrons. The number of benzene rings is 1. The minimum atomic E-state index is 0.0365. The van der Waals surface area contributed by atoms with E-state index in [0.717, 1.165) is 11.3 Å². The number of carbonyl (C=O) groups excluding carboxylic acids is 1. The van der Waals surface area contributed by atoms with Crippen molar-refractivity contribution in [3.8, 4) is 5.75 Å². The molecule has 2 rings (SSSR count). The number of nitrogens with zero attached hydrogens (tertiary/aromatic N) is 1. The van der Waals surface area contributed by atoms with Crippen LogP contribution in [0.1, 0.15) is 28.5 Å². The number of rotatable bonds is 4. The van der Waals surface area contributed by atoms with Crippen LogP contribution in [0.3, 0.4) is 0 Å². The van der Waals surface area contributed by atoms with Gasteiger partial charge < -0.3 is 4.74 Å². The van der Waals surface area contributed by atoms with Gasteiger partial charge in [-0.3, -0.25) is 9.78 Å². The number of aryl methyl sites for hydroxylation is 1. The Morgan fingerprint density at radius 3 is 2.83 bits per heavy atom. The van der Waals surface area contributed by atoms with Crippen LogP contribution in [-0.2, 0) is 6.61 Å². The van der Waals surface area contributed by atoms with E-state index in [-0.39, 0.29) is 5.78 Å². The first-order valence-electron chi connectivity index (χ1n) is 5.81. The van der Waals surface area contributed by atoms with Gasteiger partial charge in [0.25, 0.3) is 0 Å². The lowest BCUT2D eigenvalue weighted by molar-refractivity contribution is 0.101. The van der Waals surface area contributed by atoms with Crippen molar-refractivity contribution < 1.29 is 9.53 Å². The van der Waals surface area contributed by atoms with Crippen LogP contribution in [0.5, 0.6) is 5.75 Å². The number of hydrogen-bond acceptors (Lipinski definition) is 3. The topological polar surface area (TPSA) is 39.2 Å². The Hall–Kier alpha value is -2.16. The number of ketones is 1. The van der Waals surface area contributed by atoms with Crippen molar-refractivity contribution >= 4 is 5.78 Å². The van der Waals surface area contributed by atoms with Gasteiger partial charge in [0, 0.05) is 11.8 Å². The van der Waals surface area contributed by atoms with Gasteiger partial charge in [0.1, 0.15) is 12.4 Å². The predicted octanol–water partition coefficient (Wildman–Crippen LogP) is 3.17. The molecule has 3 heteroatoms. The van der Waals surface area contributed by atoms with Gasteiger partial charge >= 0.3 is 0 Å². The standard InChI is InChI=1S/C15H15NO2/c1-11-5-4-8-16-15(11)10-18-14-7-3-6-13(9-14)12(2)17/h3-9H,10H2,1-2H3. The molecule has 0 aliphatic rings. The molecule has 0 spiro atoms. The number of aromatic nitrogens is 1. The van der Waals surface area contributed by atoms with Crippen molar-refractivity contribution in [1.29, 1.82) is 0 Å². The Balaban J connectivity index is 2.09. The lowest BCUT2D eigenvalue weighted by Gasteiger charge is -2.08. The van der Waals surface area contributed by atoms with E-state index < -0.39 is 0 Å². The van der Waals surface area contributed by atoms with Crippen molar-refractivity contribution in [1.82, 2.24) is 4.98 Å². The van der Waals surface area contributed by atoms with Gasteiger partial charge in [-0.2, -0.15) is 0 Å².